The molecule has 5 nitrogen and oxygen atoms in total. The van der Waals surface area contributed by atoms with Crippen LogP contribution in [0.5, 0.6) is 11.5 Å². The summed E-state index contributed by atoms with van der Waals surface area (Å²) in [6.45, 7) is 1.07. The number of methoxy groups -OCH3 is 1. The van der Waals surface area contributed by atoms with Crippen molar-refractivity contribution >= 4 is 16.7 Å². The zero-order chi connectivity index (χ0) is 19.3. The third-order valence-electron chi connectivity index (χ3n) is 4.97. The van der Waals surface area contributed by atoms with Crippen LogP contribution in [0.15, 0.2) is 60.7 Å². The summed E-state index contributed by atoms with van der Waals surface area (Å²) >= 11 is 0. The summed E-state index contributed by atoms with van der Waals surface area (Å²) in [4.78, 5) is 11.3. The molecule has 1 N–H and O–H groups in total. The molecule has 1 heterocycles. The van der Waals surface area contributed by atoms with Crippen molar-refractivity contribution < 1.29 is 19.0 Å². The van der Waals surface area contributed by atoms with Crippen LogP contribution < -0.4 is 14.8 Å². The highest BCUT2D eigenvalue weighted by molar-refractivity contribution is 5.85. The van der Waals surface area contributed by atoms with Gasteiger partial charge in [0, 0.05) is 13.0 Å². The topological polar surface area (TPSA) is 56.8 Å². The molecule has 0 saturated carbocycles. The minimum absolute atomic E-state index is 0.0773. The van der Waals surface area contributed by atoms with E-state index in [0.717, 1.165) is 12.0 Å². The molecule has 1 fully saturated rings. The van der Waals surface area contributed by atoms with Crippen molar-refractivity contribution in [2.24, 2.45) is 0 Å². The van der Waals surface area contributed by atoms with Crippen LogP contribution in [0.2, 0.25) is 0 Å². The van der Waals surface area contributed by atoms with E-state index < -0.39 is 0 Å². The van der Waals surface area contributed by atoms with Gasteiger partial charge in [-0.25, -0.2) is 0 Å². The lowest BCUT2D eigenvalue weighted by atomic mass is 10.0. The van der Waals surface area contributed by atoms with Crippen LogP contribution in [0, 0.1) is 0 Å². The molecule has 0 bridgehead atoms. The fraction of sp³-hybridized carbons (Fsp3) is 0.261. The highest BCUT2D eigenvalue weighted by atomic mass is 16.5. The molecule has 0 aliphatic carbocycles. The number of benzene rings is 3. The predicted octanol–water partition coefficient (Wildman–Crippen LogP) is 3.66. The van der Waals surface area contributed by atoms with E-state index in [1.807, 2.05) is 18.2 Å². The highest BCUT2D eigenvalue weighted by Crippen LogP contribution is 2.32. The van der Waals surface area contributed by atoms with E-state index in [0.29, 0.717) is 24.7 Å². The second-order valence-electron chi connectivity index (χ2n) is 6.75. The molecule has 1 atom stereocenters. The van der Waals surface area contributed by atoms with Gasteiger partial charge in [0.05, 0.1) is 13.7 Å². The Balaban J connectivity index is 1.47. The van der Waals surface area contributed by atoms with Crippen molar-refractivity contribution in [2.75, 3.05) is 26.9 Å². The largest absolute Gasteiger partial charge is 0.493 e. The fourth-order valence-electron chi connectivity index (χ4n) is 3.49. The molecule has 0 aromatic heterocycles. The van der Waals surface area contributed by atoms with Crippen LogP contribution >= 0.6 is 0 Å². The molecule has 3 aromatic carbocycles. The number of hydrogen-bond donors (Lipinski definition) is 1. The molecular weight excluding hydrogens is 354 g/mol. The number of hydrogen-bond acceptors (Lipinski definition) is 4. The molecule has 3 aromatic rings. The average Bonchev–Trinajstić information content (AvgIpc) is 2.74. The first-order valence-corrected chi connectivity index (χ1v) is 9.40. The summed E-state index contributed by atoms with van der Waals surface area (Å²) in [6, 6.07) is 20.5. The van der Waals surface area contributed by atoms with E-state index in [9.17, 15) is 4.79 Å². The molecule has 1 aliphatic rings. The SMILES string of the molecule is COc1ccc(C2CNC(=O)CO2)cc1OCCc1cccc2ccccc12. The lowest BCUT2D eigenvalue weighted by Gasteiger charge is -2.24. The van der Waals surface area contributed by atoms with Gasteiger partial charge >= 0.3 is 0 Å². The number of nitrogens with one attached hydrogen (secondary N) is 1. The first-order chi connectivity index (χ1) is 13.7. The summed E-state index contributed by atoms with van der Waals surface area (Å²) in [7, 11) is 1.63. The highest BCUT2D eigenvalue weighted by Gasteiger charge is 2.21. The van der Waals surface area contributed by atoms with Crippen molar-refractivity contribution in [3.63, 3.8) is 0 Å². The fourth-order valence-corrected chi connectivity index (χ4v) is 3.49. The lowest BCUT2D eigenvalue weighted by molar-refractivity contribution is -0.133. The van der Waals surface area contributed by atoms with Crippen molar-refractivity contribution in [3.8, 4) is 11.5 Å². The van der Waals surface area contributed by atoms with E-state index in [-0.39, 0.29) is 18.6 Å². The number of rotatable bonds is 6. The molecule has 1 amide bonds. The van der Waals surface area contributed by atoms with Crippen LogP contribution in [0.4, 0.5) is 0 Å². The zero-order valence-corrected chi connectivity index (χ0v) is 15.8. The Morgan fingerprint density at radius 2 is 1.93 bits per heavy atom. The van der Waals surface area contributed by atoms with Gasteiger partial charge in [-0.3, -0.25) is 4.79 Å². The minimum Gasteiger partial charge on any atom is -0.493 e. The van der Waals surface area contributed by atoms with E-state index in [1.165, 1.54) is 16.3 Å². The van der Waals surface area contributed by atoms with Gasteiger partial charge in [-0.1, -0.05) is 48.5 Å². The molecule has 1 unspecified atom stereocenters. The maximum atomic E-state index is 11.3. The number of carbonyl (C=O) groups is 1. The summed E-state index contributed by atoms with van der Waals surface area (Å²) in [6.07, 6.45) is 0.620. The molecule has 0 spiro atoms. The number of fused-ring (bicyclic) bond motifs is 1. The Bertz CT molecular complexity index is 970. The monoisotopic (exact) mass is 377 g/mol. The van der Waals surface area contributed by atoms with Crippen LogP contribution in [0.1, 0.15) is 17.2 Å². The van der Waals surface area contributed by atoms with Gasteiger partial charge in [-0.05, 0) is 34.0 Å². The number of amides is 1. The van der Waals surface area contributed by atoms with Gasteiger partial charge in [0.1, 0.15) is 12.7 Å². The van der Waals surface area contributed by atoms with Gasteiger partial charge in [-0.2, -0.15) is 0 Å². The molecule has 1 saturated heterocycles. The van der Waals surface area contributed by atoms with Gasteiger partial charge < -0.3 is 19.5 Å². The van der Waals surface area contributed by atoms with Gasteiger partial charge in [-0.15, -0.1) is 0 Å². The Hall–Kier alpha value is -3.05. The average molecular weight is 377 g/mol. The molecule has 0 radical (unpaired) electrons. The standard InChI is InChI=1S/C23H23NO4/c1-26-20-10-9-18(22-14-24-23(25)15-28-22)13-21(20)27-12-11-17-7-4-6-16-5-2-3-8-19(16)17/h2-10,13,22H,11-12,14-15H2,1H3,(H,24,25). The summed E-state index contributed by atoms with van der Waals surface area (Å²) in [5.41, 5.74) is 2.22. The first-order valence-electron chi connectivity index (χ1n) is 9.40. The predicted molar refractivity (Wildman–Crippen MR) is 108 cm³/mol. The Labute approximate surface area is 164 Å². The third kappa shape index (κ3) is 3.94. The quantitative estimate of drug-likeness (QED) is 0.712. The van der Waals surface area contributed by atoms with Crippen LogP contribution in [0.25, 0.3) is 10.8 Å². The first kappa shape index (κ1) is 18.3. The summed E-state index contributed by atoms with van der Waals surface area (Å²) in [5.74, 6) is 1.28. The van der Waals surface area contributed by atoms with E-state index in [1.54, 1.807) is 7.11 Å². The maximum Gasteiger partial charge on any atom is 0.246 e. The molecule has 4 rings (SSSR count). The molecule has 5 heteroatoms. The lowest BCUT2D eigenvalue weighted by Crippen LogP contribution is -2.38. The van der Waals surface area contributed by atoms with Crippen molar-refractivity contribution in [1.82, 2.24) is 5.32 Å². The number of ether oxygens (including phenoxy) is 3. The van der Waals surface area contributed by atoms with Crippen molar-refractivity contribution in [1.29, 1.82) is 0 Å². The van der Waals surface area contributed by atoms with Gasteiger partial charge in [0.25, 0.3) is 0 Å². The van der Waals surface area contributed by atoms with Gasteiger partial charge in [0.15, 0.2) is 11.5 Å². The number of carbonyl (C=O) groups excluding carboxylic acids is 1. The van der Waals surface area contributed by atoms with Crippen molar-refractivity contribution in [2.45, 2.75) is 12.5 Å². The Morgan fingerprint density at radius 1 is 1.07 bits per heavy atom. The van der Waals surface area contributed by atoms with Gasteiger partial charge in [0.2, 0.25) is 5.91 Å². The normalized spacial score (nSPS) is 16.6. The van der Waals surface area contributed by atoms with Crippen molar-refractivity contribution in [3.05, 3.63) is 71.8 Å². The Kier molecular flexibility index (Phi) is 5.44. The molecule has 28 heavy (non-hydrogen) atoms. The van der Waals surface area contributed by atoms with E-state index in [4.69, 9.17) is 14.2 Å². The number of morpholine rings is 1. The zero-order valence-electron chi connectivity index (χ0n) is 15.8. The van der Waals surface area contributed by atoms with Crippen LogP contribution in [0.3, 0.4) is 0 Å². The molecular formula is C23H23NO4. The summed E-state index contributed by atoms with van der Waals surface area (Å²) < 4.78 is 17.1. The van der Waals surface area contributed by atoms with E-state index in [2.05, 4.69) is 47.8 Å². The second kappa shape index (κ2) is 8.31. The summed E-state index contributed by atoms with van der Waals surface area (Å²) in [5, 5.41) is 5.31. The maximum absolute atomic E-state index is 11.3. The molecule has 1 aliphatic heterocycles. The Morgan fingerprint density at radius 3 is 2.75 bits per heavy atom. The minimum atomic E-state index is -0.177. The van der Waals surface area contributed by atoms with Crippen LogP contribution in [-0.2, 0) is 16.0 Å². The second-order valence-corrected chi connectivity index (χ2v) is 6.75. The molecule has 144 valence electrons. The van der Waals surface area contributed by atoms with E-state index >= 15 is 0 Å². The smallest absolute Gasteiger partial charge is 0.246 e. The third-order valence-corrected chi connectivity index (χ3v) is 4.97. The van der Waals surface area contributed by atoms with Crippen LogP contribution in [-0.4, -0.2) is 32.8 Å².